The molecule has 2 nitrogen and oxygen atoms in total. The van der Waals surface area contributed by atoms with E-state index in [9.17, 15) is 8.78 Å². The molecular formula is C9H10ClF2NO. The van der Waals surface area contributed by atoms with Crippen molar-refractivity contribution in [1.29, 1.82) is 0 Å². The van der Waals surface area contributed by atoms with Crippen molar-refractivity contribution in [3.63, 3.8) is 0 Å². The molecule has 0 saturated heterocycles. The van der Waals surface area contributed by atoms with Crippen molar-refractivity contribution in [2.24, 2.45) is 0 Å². The van der Waals surface area contributed by atoms with Gasteiger partial charge in [-0.05, 0) is 19.1 Å². The summed E-state index contributed by atoms with van der Waals surface area (Å²) in [6, 6.07) is 2.70. The number of aromatic nitrogens is 1. The second-order valence-electron chi connectivity index (χ2n) is 2.97. The topological polar surface area (TPSA) is 33.1 Å². The van der Waals surface area contributed by atoms with Crippen LogP contribution in [-0.2, 0) is 5.92 Å². The normalized spacial score (nSPS) is 11.8. The molecule has 0 aliphatic heterocycles. The van der Waals surface area contributed by atoms with Crippen LogP contribution in [0.1, 0.15) is 17.7 Å². The summed E-state index contributed by atoms with van der Waals surface area (Å²) in [5.74, 6) is -3.12. The lowest BCUT2D eigenvalue weighted by atomic mass is 10.1. The van der Waals surface area contributed by atoms with Crippen LogP contribution in [0.3, 0.4) is 0 Å². The SMILES string of the molecule is Cc1ccc(C(F)(F)CCO)c(Cl)n1. The summed E-state index contributed by atoms with van der Waals surface area (Å²) < 4.78 is 26.5. The first-order chi connectivity index (χ1) is 6.47. The van der Waals surface area contributed by atoms with Gasteiger partial charge in [-0.2, -0.15) is 0 Å². The van der Waals surface area contributed by atoms with Crippen LogP contribution in [0, 0.1) is 6.92 Å². The summed E-state index contributed by atoms with van der Waals surface area (Å²) in [5.41, 5.74) is 0.248. The molecule has 0 aromatic carbocycles. The smallest absolute Gasteiger partial charge is 0.278 e. The van der Waals surface area contributed by atoms with Crippen molar-refractivity contribution in [3.05, 3.63) is 28.5 Å². The third kappa shape index (κ3) is 2.39. The van der Waals surface area contributed by atoms with E-state index in [1.807, 2.05) is 0 Å². The zero-order valence-corrected chi connectivity index (χ0v) is 8.35. The lowest BCUT2D eigenvalue weighted by Crippen LogP contribution is -2.16. The molecule has 0 aliphatic rings. The van der Waals surface area contributed by atoms with Crippen LogP contribution in [0.4, 0.5) is 8.78 Å². The quantitative estimate of drug-likeness (QED) is 0.796. The molecule has 0 radical (unpaired) electrons. The maximum Gasteiger partial charge on any atom is 0.278 e. The summed E-state index contributed by atoms with van der Waals surface area (Å²) in [7, 11) is 0. The van der Waals surface area contributed by atoms with E-state index >= 15 is 0 Å². The van der Waals surface area contributed by atoms with Crippen LogP contribution in [-0.4, -0.2) is 16.7 Å². The third-order valence-corrected chi connectivity index (χ3v) is 2.10. The van der Waals surface area contributed by atoms with E-state index < -0.39 is 19.0 Å². The van der Waals surface area contributed by atoms with E-state index in [2.05, 4.69) is 4.98 Å². The number of rotatable bonds is 3. The molecule has 0 saturated carbocycles. The zero-order valence-electron chi connectivity index (χ0n) is 7.60. The van der Waals surface area contributed by atoms with E-state index in [1.54, 1.807) is 6.92 Å². The molecule has 1 aromatic rings. The maximum absolute atomic E-state index is 13.3. The second kappa shape index (κ2) is 4.19. The predicted molar refractivity (Wildman–Crippen MR) is 49.6 cm³/mol. The number of hydrogen-bond donors (Lipinski definition) is 1. The van der Waals surface area contributed by atoms with Gasteiger partial charge in [0.1, 0.15) is 5.15 Å². The lowest BCUT2D eigenvalue weighted by molar-refractivity contribution is -0.0271. The van der Waals surface area contributed by atoms with Crippen molar-refractivity contribution in [3.8, 4) is 0 Å². The lowest BCUT2D eigenvalue weighted by Gasteiger charge is -2.16. The minimum Gasteiger partial charge on any atom is -0.396 e. The number of aryl methyl sites for hydroxylation is 1. The van der Waals surface area contributed by atoms with Gasteiger partial charge in [-0.1, -0.05) is 11.6 Å². The van der Waals surface area contributed by atoms with Crippen LogP contribution >= 0.6 is 11.6 Å². The molecule has 1 heterocycles. The molecule has 1 aromatic heterocycles. The molecule has 0 bridgehead atoms. The van der Waals surface area contributed by atoms with Gasteiger partial charge >= 0.3 is 0 Å². The summed E-state index contributed by atoms with van der Waals surface area (Å²) in [6.45, 7) is 1.08. The summed E-state index contributed by atoms with van der Waals surface area (Å²) in [5, 5.41) is 8.26. The van der Waals surface area contributed by atoms with Crippen LogP contribution < -0.4 is 0 Å². The Bertz CT molecular complexity index is 331. The Morgan fingerprint density at radius 2 is 2.14 bits per heavy atom. The molecule has 0 unspecified atom stereocenters. The van der Waals surface area contributed by atoms with E-state index in [1.165, 1.54) is 12.1 Å². The van der Waals surface area contributed by atoms with E-state index in [4.69, 9.17) is 16.7 Å². The van der Waals surface area contributed by atoms with Gasteiger partial charge < -0.3 is 5.11 Å². The van der Waals surface area contributed by atoms with Crippen molar-refractivity contribution in [2.75, 3.05) is 6.61 Å². The predicted octanol–water partition coefficient (Wildman–Crippen LogP) is 2.52. The standard InChI is InChI=1S/C9H10ClF2NO/c1-6-2-3-7(8(10)13-6)9(11,12)4-5-14/h2-3,14H,4-5H2,1H3. The van der Waals surface area contributed by atoms with Crippen LogP contribution in [0.15, 0.2) is 12.1 Å². The maximum atomic E-state index is 13.3. The van der Waals surface area contributed by atoms with Crippen molar-refractivity contribution in [2.45, 2.75) is 19.3 Å². The summed E-state index contributed by atoms with van der Waals surface area (Å²) >= 11 is 5.58. The Kier molecular flexibility index (Phi) is 3.39. The first-order valence-electron chi connectivity index (χ1n) is 4.09. The Hall–Kier alpha value is -0.740. The van der Waals surface area contributed by atoms with Gasteiger partial charge in [-0.3, -0.25) is 0 Å². The Morgan fingerprint density at radius 3 is 2.64 bits per heavy atom. The molecule has 14 heavy (non-hydrogen) atoms. The number of hydrogen-bond acceptors (Lipinski definition) is 2. The third-order valence-electron chi connectivity index (χ3n) is 1.81. The molecular weight excluding hydrogens is 212 g/mol. The monoisotopic (exact) mass is 221 g/mol. The number of aliphatic hydroxyl groups excluding tert-OH is 1. The molecule has 78 valence electrons. The van der Waals surface area contributed by atoms with Gasteiger partial charge in [0.15, 0.2) is 0 Å². The second-order valence-corrected chi connectivity index (χ2v) is 3.33. The molecule has 0 aliphatic carbocycles. The largest absolute Gasteiger partial charge is 0.396 e. The van der Waals surface area contributed by atoms with Gasteiger partial charge in [0.25, 0.3) is 5.92 Å². The number of pyridine rings is 1. The number of halogens is 3. The average Bonchev–Trinajstić information content (AvgIpc) is 2.02. The fraction of sp³-hybridized carbons (Fsp3) is 0.444. The summed E-state index contributed by atoms with van der Waals surface area (Å²) in [6.07, 6.45) is -0.641. The van der Waals surface area contributed by atoms with E-state index in [0.29, 0.717) is 5.69 Å². The molecule has 0 amide bonds. The molecule has 0 fully saturated rings. The molecule has 1 rings (SSSR count). The minimum absolute atomic E-state index is 0.205. The highest BCUT2D eigenvalue weighted by Gasteiger charge is 2.33. The van der Waals surface area contributed by atoms with Gasteiger partial charge in [0.05, 0.1) is 5.56 Å². The van der Waals surface area contributed by atoms with Crippen molar-refractivity contribution in [1.82, 2.24) is 4.98 Å². The van der Waals surface area contributed by atoms with Crippen LogP contribution in [0.2, 0.25) is 5.15 Å². The highest BCUT2D eigenvalue weighted by molar-refractivity contribution is 6.30. The first kappa shape index (κ1) is 11.3. The molecule has 5 heteroatoms. The van der Waals surface area contributed by atoms with Crippen LogP contribution in [0.5, 0.6) is 0 Å². The van der Waals surface area contributed by atoms with E-state index in [-0.39, 0.29) is 10.7 Å². The number of alkyl halides is 2. The molecule has 1 N–H and O–H groups in total. The Morgan fingerprint density at radius 1 is 1.50 bits per heavy atom. The molecule has 0 atom stereocenters. The Labute approximate surface area is 85.5 Å². The van der Waals surface area contributed by atoms with Gasteiger partial charge in [-0.15, -0.1) is 0 Å². The van der Waals surface area contributed by atoms with Crippen LogP contribution in [0.25, 0.3) is 0 Å². The van der Waals surface area contributed by atoms with Crippen molar-refractivity contribution >= 4 is 11.6 Å². The number of nitrogens with zero attached hydrogens (tertiary/aromatic N) is 1. The number of aliphatic hydroxyl groups is 1. The van der Waals surface area contributed by atoms with E-state index in [0.717, 1.165) is 0 Å². The highest BCUT2D eigenvalue weighted by atomic mass is 35.5. The van der Waals surface area contributed by atoms with Gasteiger partial charge in [-0.25, -0.2) is 13.8 Å². The minimum atomic E-state index is -3.12. The zero-order chi connectivity index (χ0) is 10.8. The van der Waals surface area contributed by atoms with Gasteiger partial charge in [0, 0.05) is 18.7 Å². The summed E-state index contributed by atoms with van der Waals surface area (Å²) in [4.78, 5) is 3.73. The molecule has 0 spiro atoms. The average molecular weight is 222 g/mol. The first-order valence-corrected chi connectivity index (χ1v) is 4.47. The Balaban J connectivity index is 3.06. The van der Waals surface area contributed by atoms with Gasteiger partial charge in [0.2, 0.25) is 0 Å². The highest BCUT2D eigenvalue weighted by Crippen LogP contribution is 2.35. The fourth-order valence-electron chi connectivity index (χ4n) is 1.07. The van der Waals surface area contributed by atoms with Crippen molar-refractivity contribution < 1.29 is 13.9 Å². The fourth-order valence-corrected chi connectivity index (χ4v) is 1.41.